The number of rotatable bonds is 8. The first-order valence-electron chi connectivity index (χ1n) is 5.87. The number of aliphatic carboxylic acids is 1. The first-order chi connectivity index (χ1) is 10.0. The van der Waals surface area contributed by atoms with Crippen molar-refractivity contribution in [1.82, 2.24) is 15.6 Å². The maximum absolute atomic E-state index is 11.5. The molecule has 0 radical (unpaired) electrons. The third-order valence-electron chi connectivity index (χ3n) is 2.03. The molecule has 0 aliphatic carbocycles. The minimum atomic E-state index is -0.956. The highest BCUT2D eigenvalue weighted by atomic mass is 32.2. The van der Waals surface area contributed by atoms with E-state index in [1.54, 1.807) is 5.38 Å². The molecule has 21 heavy (non-hydrogen) atoms. The van der Waals surface area contributed by atoms with Crippen molar-refractivity contribution in [2.75, 3.05) is 26.0 Å². The summed E-state index contributed by atoms with van der Waals surface area (Å²) in [6.45, 7) is 0.676. The van der Waals surface area contributed by atoms with Crippen LogP contribution >= 0.6 is 23.1 Å². The van der Waals surface area contributed by atoms with Gasteiger partial charge in [-0.15, -0.1) is 11.3 Å². The number of amides is 3. The molecule has 0 atom stereocenters. The Morgan fingerprint density at radius 1 is 1.48 bits per heavy atom. The summed E-state index contributed by atoms with van der Waals surface area (Å²) >= 11 is 2.41. The van der Waals surface area contributed by atoms with E-state index in [1.807, 2.05) is 0 Å². The van der Waals surface area contributed by atoms with Gasteiger partial charge in [-0.3, -0.25) is 14.9 Å². The molecule has 1 aromatic rings. The summed E-state index contributed by atoms with van der Waals surface area (Å²) < 4.78 is 5.34. The fourth-order valence-electron chi connectivity index (χ4n) is 1.19. The normalized spacial score (nSPS) is 10.1. The number of carbonyl (C=O) groups excluding carboxylic acids is 2. The van der Waals surface area contributed by atoms with Crippen molar-refractivity contribution in [3.63, 3.8) is 0 Å². The number of aromatic nitrogens is 1. The summed E-state index contributed by atoms with van der Waals surface area (Å²) in [4.78, 5) is 37.4. The Bertz CT molecular complexity index is 506. The number of nitrogens with zero attached hydrogens (tertiary/aromatic N) is 1. The number of urea groups is 1. The van der Waals surface area contributed by atoms with E-state index in [0.29, 0.717) is 23.2 Å². The second-order valence-corrected chi connectivity index (χ2v) is 5.84. The van der Waals surface area contributed by atoms with E-state index in [9.17, 15) is 14.4 Å². The lowest BCUT2D eigenvalue weighted by Crippen LogP contribution is -2.41. The molecule has 3 amide bonds. The van der Waals surface area contributed by atoms with Crippen LogP contribution in [0.15, 0.2) is 9.72 Å². The topological polar surface area (TPSA) is 118 Å². The number of carboxylic acids is 1. The molecule has 0 spiro atoms. The zero-order valence-corrected chi connectivity index (χ0v) is 12.9. The van der Waals surface area contributed by atoms with Gasteiger partial charge in [0.1, 0.15) is 0 Å². The highest BCUT2D eigenvalue weighted by Crippen LogP contribution is 2.22. The number of carboxylic acid groups (broad SMARTS) is 1. The van der Waals surface area contributed by atoms with Crippen LogP contribution in [0.3, 0.4) is 0 Å². The minimum absolute atomic E-state index is 0.0255. The lowest BCUT2D eigenvalue weighted by molar-refractivity contribution is -0.136. The van der Waals surface area contributed by atoms with Crippen molar-refractivity contribution in [3.05, 3.63) is 11.1 Å². The minimum Gasteiger partial charge on any atom is -0.481 e. The van der Waals surface area contributed by atoms with Crippen molar-refractivity contribution < 1.29 is 24.2 Å². The lowest BCUT2D eigenvalue weighted by Gasteiger charge is -2.05. The first kappa shape index (κ1) is 17.4. The van der Waals surface area contributed by atoms with Gasteiger partial charge in [-0.1, -0.05) is 11.8 Å². The number of carbonyl (C=O) groups is 3. The molecule has 0 aliphatic heterocycles. The van der Waals surface area contributed by atoms with Crippen LogP contribution in [0, 0.1) is 0 Å². The predicted molar refractivity (Wildman–Crippen MR) is 77.6 cm³/mol. The van der Waals surface area contributed by atoms with Crippen LogP contribution in [-0.4, -0.2) is 54.0 Å². The van der Waals surface area contributed by atoms with Crippen LogP contribution in [0.1, 0.15) is 5.69 Å². The quantitative estimate of drug-likeness (QED) is 0.463. The van der Waals surface area contributed by atoms with Gasteiger partial charge in [-0.25, -0.2) is 9.78 Å². The molecule has 3 N–H and O–H groups in total. The third-order valence-corrected chi connectivity index (χ3v) is 4.10. The number of methoxy groups -OCH3 is 1. The van der Waals surface area contributed by atoms with Gasteiger partial charge in [-0.05, 0) is 0 Å². The van der Waals surface area contributed by atoms with Crippen LogP contribution in [-0.2, 0) is 20.7 Å². The summed E-state index contributed by atoms with van der Waals surface area (Å²) in [7, 11) is 1.51. The van der Waals surface area contributed by atoms with Crippen molar-refractivity contribution in [1.29, 1.82) is 0 Å². The van der Waals surface area contributed by atoms with Crippen molar-refractivity contribution in [3.8, 4) is 0 Å². The average molecular weight is 333 g/mol. The Hall–Kier alpha value is -1.65. The maximum Gasteiger partial charge on any atom is 0.321 e. The molecule has 10 heteroatoms. The van der Waals surface area contributed by atoms with E-state index in [2.05, 4.69) is 15.6 Å². The average Bonchev–Trinajstić information content (AvgIpc) is 2.83. The van der Waals surface area contributed by atoms with Gasteiger partial charge in [-0.2, -0.15) is 0 Å². The van der Waals surface area contributed by atoms with Gasteiger partial charge in [0.15, 0.2) is 4.34 Å². The largest absolute Gasteiger partial charge is 0.481 e. The molecule has 0 bridgehead atoms. The molecule has 116 valence electrons. The second-order valence-electron chi connectivity index (χ2n) is 3.76. The molecule has 0 saturated carbocycles. The molecule has 1 aromatic heterocycles. The number of nitrogens with one attached hydrogen (secondary N) is 2. The van der Waals surface area contributed by atoms with Gasteiger partial charge in [0.05, 0.1) is 24.5 Å². The van der Waals surface area contributed by atoms with Crippen molar-refractivity contribution in [2.24, 2.45) is 0 Å². The predicted octanol–water partition coefficient (Wildman–Crippen LogP) is 0.335. The maximum atomic E-state index is 11.5. The van der Waals surface area contributed by atoms with Gasteiger partial charge in [0.2, 0.25) is 5.91 Å². The summed E-state index contributed by atoms with van der Waals surface area (Å²) in [6.07, 6.45) is -0.148. The number of thiazole rings is 1. The Morgan fingerprint density at radius 3 is 2.90 bits per heavy atom. The summed E-state index contributed by atoms with van der Waals surface area (Å²) in [5.41, 5.74) is 0.452. The van der Waals surface area contributed by atoms with Crippen molar-refractivity contribution in [2.45, 2.75) is 10.8 Å². The molecule has 0 aromatic carbocycles. The van der Waals surface area contributed by atoms with Gasteiger partial charge in [0, 0.05) is 19.0 Å². The van der Waals surface area contributed by atoms with E-state index >= 15 is 0 Å². The standard InChI is InChI=1S/C11H15N3O5S2/c1-19-3-2-12-10(18)14-8(15)6-21-11-13-7(5-20-11)4-9(16)17/h5H,2-4,6H2,1H3,(H,16,17)(H2,12,14,15,18). The van der Waals surface area contributed by atoms with Gasteiger partial charge < -0.3 is 15.2 Å². The Labute approximate surface area is 129 Å². The Morgan fingerprint density at radius 2 is 2.24 bits per heavy atom. The van der Waals surface area contributed by atoms with Crippen LogP contribution < -0.4 is 10.6 Å². The van der Waals surface area contributed by atoms with E-state index in [0.717, 1.165) is 11.8 Å². The van der Waals surface area contributed by atoms with Crippen LogP contribution in [0.5, 0.6) is 0 Å². The monoisotopic (exact) mass is 333 g/mol. The Kier molecular flexibility index (Phi) is 7.72. The molecular formula is C11H15N3O5S2. The highest BCUT2D eigenvalue weighted by Gasteiger charge is 2.10. The second kappa shape index (κ2) is 9.32. The summed E-state index contributed by atoms with van der Waals surface area (Å²) in [6, 6.07) is -0.580. The number of imide groups is 1. The van der Waals surface area contributed by atoms with Crippen LogP contribution in [0.2, 0.25) is 0 Å². The zero-order valence-electron chi connectivity index (χ0n) is 11.2. The third kappa shape index (κ3) is 7.63. The molecule has 0 saturated heterocycles. The molecular weight excluding hydrogens is 318 g/mol. The summed E-state index contributed by atoms with van der Waals surface area (Å²) in [5.74, 6) is -1.38. The fourth-order valence-corrected chi connectivity index (χ4v) is 2.84. The molecule has 1 heterocycles. The van der Waals surface area contributed by atoms with E-state index < -0.39 is 17.9 Å². The zero-order chi connectivity index (χ0) is 15.7. The number of hydrogen-bond donors (Lipinski definition) is 3. The SMILES string of the molecule is COCCNC(=O)NC(=O)CSc1nc(CC(=O)O)cs1. The smallest absolute Gasteiger partial charge is 0.321 e. The molecule has 0 aliphatic rings. The number of ether oxygens (including phenoxy) is 1. The van der Waals surface area contributed by atoms with Crippen LogP contribution in [0.4, 0.5) is 4.79 Å². The summed E-state index contributed by atoms with van der Waals surface area (Å²) in [5, 5.41) is 14.9. The fraction of sp³-hybridized carbons (Fsp3) is 0.455. The molecule has 1 rings (SSSR count). The van der Waals surface area contributed by atoms with E-state index in [4.69, 9.17) is 9.84 Å². The molecule has 0 fully saturated rings. The molecule has 8 nitrogen and oxygen atoms in total. The van der Waals surface area contributed by atoms with Crippen LogP contribution in [0.25, 0.3) is 0 Å². The first-order valence-corrected chi connectivity index (χ1v) is 7.73. The Balaban J connectivity index is 2.27. The lowest BCUT2D eigenvalue weighted by atomic mass is 10.3. The highest BCUT2D eigenvalue weighted by molar-refractivity contribution is 8.01. The number of hydrogen-bond acceptors (Lipinski definition) is 7. The van der Waals surface area contributed by atoms with Crippen molar-refractivity contribution >= 4 is 41.0 Å². The van der Waals surface area contributed by atoms with E-state index in [1.165, 1.54) is 18.4 Å². The van der Waals surface area contributed by atoms with Gasteiger partial charge >= 0.3 is 12.0 Å². The van der Waals surface area contributed by atoms with Gasteiger partial charge in [0.25, 0.3) is 0 Å². The van der Waals surface area contributed by atoms with E-state index in [-0.39, 0.29) is 12.2 Å². The number of thioether (sulfide) groups is 1. The molecule has 0 unspecified atom stereocenters.